The highest BCUT2D eigenvalue weighted by atomic mass is 19.1. The molecule has 4 atom stereocenters. The molecule has 0 unspecified atom stereocenters. The first-order valence-corrected chi connectivity index (χ1v) is 15.0. The van der Waals surface area contributed by atoms with Gasteiger partial charge in [0.15, 0.2) is 11.6 Å². The number of allylic oxidation sites excluding steroid dienone is 2. The van der Waals surface area contributed by atoms with Gasteiger partial charge in [-0.15, -0.1) is 0 Å². The molecule has 5 rings (SSSR count). The molecule has 0 aromatic heterocycles. The van der Waals surface area contributed by atoms with E-state index in [0.29, 0.717) is 32.2 Å². The Morgan fingerprint density at radius 2 is 1.83 bits per heavy atom. The number of hydrogen-bond donors (Lipinski definition) is 3. The van der Waals surface area contributed by atoms with E-state index in [1.807, 2.05) is 6.92 Å². The van der Waals surface area contributed by atoms with Gasteiger partial charge in [-0.25, -0.2) is 4.39 Å². The van der Waals surface area contributed by atoms with Crippen LogP contribution in [0, 0.1) is 34.4 Å². The van der Waals surface area contributed by atoms with Gasteiger partial charge in [-0.2, -0.15) is 0 Å². The molecule has 2 amide bonds. The van der Waals surface area contributed by atoms with E-state index in [4.69, 9.17) is 9.47 Å². The molecule has 224 valence electrons. The monoisotopic (exact) mass is 570 g/mol. The third kappa shape index (κ3) is 5.69. The van der Waals surface area contributed by atoms with Gasteiger partial charge in [-0.05, 0) is 88.5 Å². The summed E-state index contributed by atoms with van der Waals surface area (Å²) >= 11 is 0. The molecule has 0 spiro atoms. The Bertz CT molecular complexity index is 1230. The Balaban J connectivity index is 1.32. The molecule has 0 radical (unpaired) electrons. The molecular formula is C32H43FN2O6. The van der Waals surface area contributed by atoms with Gasteiger partial charge in [-0.1, -0.05) is 25.0 Å². The Morgan fingerprint density at radius 1 is 1.12 bits per heavy atom. The molecule has 1 aromatic rings. The van der Waals surface area contributed by atoms with Gasteiger partial charge in [0.2, 0.25) is 5.91 Å². The van der Waals surface area contributed by atoms with Crippen LogP contribution in [0.3, 0.4) is 0 Å². The standard InChI is InChI=1S/C32H43FN2O6/c1-5-18-13-19-14-21(18)26(29(37)34-17-31(2)9-6-10-31)27(19)35-28(36)22-15-25(23(33)16-24(22)40-4)41-20-7-11-32(3,12-8-20)30(38)39/h5,15-16,19-21,26-27H,6-14,17H2,1-4H3,(H,34,37)(H,35,36)(H,38,39)/b18-5+/t19-,20?,21-,26-,27+,32?/m0/s1. The molecule has 3 N–H and O–H groups in total. The van der Waals surface area contributed by atoms with E-state index in [1.165, 1.54) is 25.2 Å². The number of carboxylic acids is 1. The van der Waals surface area contributed by atoms with E-state index in [1.54, 1.807) is 6.92 Å². The lowest BCUT2D eigenvalue weighted by molar-refractivity contribution is -0.150. The Morgan fingerprint density at radius 3 is 2.41 bits per heavy atom. The molecule has 0 heterocycles. The summed E-state index contributed by atoms with van der Waals surface area (Å²) in [6.45, 7) is 6.57. The van der Waals surface area contributed by atoms with Crippen LogP contribution in [-0.4, -0.2) is 48.7 Å². The fraction of sp³-hybridized carbons (Fsp3) is 0.656. The van der Waals surface area contributed by atoms with E-state index in [9.17, 15) is 19.5 Å². The lowest BCUT2D eigenvalue weighted by Crippen LogP contribution is -2.52. The number of carbonyl (C=O) groups excluding carboxylic acids is 2. The minimum absolute atomic E-state index is 0.0178. The maximum Gasteiger partial charge on any atom is 0.309 e. The molecule has 2 bridgehead atoms. The third-order valence-corrected chi connectivity index (χ3v) is 10.4. The molecule has 1 aromatic carbocycles. The fourth-order valence-electron chi connectivity index (χ4n) is 7.41. The quantitative estimate of drug-likeness (QED) is 0.350. The second-order valence-corrected chi connectivity index (χ2v) is 13.2. The van der Waals surface area contributed by atoms with Crippen molar-refractivity contribution in [2.24, 2.45) is 28.6 Å². The summed E-state index contributed by atoms with van der Waals surface area (Å²) in [4.78, 5) is 38.8. The summed E-state index contributed by atoms with van der Waals surface area (Å²) < 4.78 is 26.3. The minimum atomic E-state index is -0.836. The van der Waals surface area contributed by atoms with Crippen molar-refractivity contribution in [2.45, 2.75) is 90.7 Å². The number of hydrogen-bond acceptors (Lipinski definition) is 5. The van der Waals surface area contributed by atoms with E-state index < -0.39 is 23.1 Å². The molecule has 8 nitrogen and oxygen atoms in total. The van der Waals surface area contributed by atoms with Gasteiger partial charge in [-0.3, -0.25) is 14.4 Å². The first kappa shape index (κ1) is 29.4. The molecule has 41 heavy (non-hydrogen) atoms. The molecule has 0 aliphatic heterocycles. The second kappa shape index (κ2) is 11.3. The molecule has 4 aliphatic carbocycles. The van der Waals surface area contributed by atoms with E-state index in [-0.39, 0.29) is 58.3 Å². The number of rotatable bonds is 9. The predicted molar refractivity (Wildman–Crippen MR) is 151 cm³/mol. The highest BCUT2D eigenvalue weighted by Gasteiger charge is 2.53. The summed E-state index contributed by atoms with van der Waals surface area (Å²) in [5.41, 5.74) is 0.759. The maximum absolute atomic E-state index is 15.0. The average Bonchev–Trinajstić information content (AvgIpc) is 3.51. The highest BCUT2D eigenvalue weighted by molar-refractivity contribution is 5.98. The number of methoxy groups -OCH3 is 1. The SMILES string of the molecule is C/C=C1\C[C@H]2C[C@@H]1[C@H](C(=O)NCC1(C)CCC1)[C@@H]2NC(=O)c1cc(OC2CCC(C)(C(=O)O)CC2)c(F)cc1OC. The number of benzene rings is 1. The number of carbonyl (C=O) groups is 3. The number of amides is 2. The fourth-order valence-corrected chi connectivity index (χ4v) is 7.41. The van der Waals surface area contributed by atoms with Crippen LogP contribution in [0.4, 0.5) is 4.39 Å². The van der Waals surface area contributed by atoms with Crippen molar-refractivity contribution in [1.29, 1.82) is 0 Å². The molecule has 4 fully saturated rings. The zero-order chi connectivity index (χ0) is 29.5. The van der Waals surface area contributed by atoms with E-state index in [0.717, 1.165) is 31.7 Å². The van der Waals surface area contributed by atoms with Gasteiger partial charge in [0.05, 0.1) is 30.1 Å². The summed E-state index contributed by atoms with van der Waals surface area (Å²) in [7, 11) is 1.38. The van der Waals surface area contributed by atoms with Gasteiger partial charge in [0, 0.05) is 18.7 Å². The second-order valence-electron chi connectivity index (χ2n) is 13.2. The van der Waals surface area contributed by atoms with Crippen molar-refractivity contribution >= 4 is 17.8 Å². The number of nitrogens with one attached hydrogen (secondary N) is 2. The zero-order valence-electron chi connectivity index (χ0n) is 24.6. The minimum Gasteiger partial charge on any atom is -0.496 e. The van der Waals surface area contributed by atoms with Crippen LogP contribution in [0.5, 0.6) is 11.5 Å². The van der Waals surface area contributed by atoms with Gasteiger partial charge in [0.25, 0.3) is 5.91 Å². The van der Waals surface area contributed by atoms with Crippen LogP contribution in [-0.2, 0) is 9.59 Å². The Hall–Kier alpha value is -3.10. The Labute approximate surface area is 241 Å². The third-order valence-electron chi connectivity index (χ3n) is 10.4. The van der Waals surface area contributed by atoms with Crippen LogP contribution < -0.4 is 20.1 Å². The zero-order valence-corrected chi connectivity index (χ0v) is 24.6. The van der Waals surface area contributed by atoms with Crippen molar-refractivity contribution < 1.29 is 33.4 Å². The van der Waals surface area contributed by atoms with Crippen LogP contribution in [0.15, 0.2) is 23.8 Å². The largest absolute Gasteiger partial charge is 0.496 e. The average molecular weight is 571 g/mol. The summed E-state index contributed by atoms with van der Waals surface area (Å²) in [5, 5.41) is 15.8. The molecule has 9 heteroatoms. The van der Waals surface area contributed by atoms with Crippen molar-refractivity contribution in [1.82, 2.24) is 10.6 Å². The normalized spacial score (nSPS) is 32.7. The molecule has 4 saturated carbocycles. The predicted octanol–water partition coefficient (Wildman–Crippen LogP) is 5.25. The number of ether oxygens (including phenoxy) is 2. The lowest BCUT2D eigenvalue weighted by atomic mass is 9.70. The smallest absolute Gasteiger partial charge is 0.309 e. The van der Waals surface area contributed by atoms with Crippen molar-refractivity contribution in [3.8, 4) is 11.5 Å². The molecular weight excluding hydrogens is 527 g/mol. The van der Waals surface area contributed by atoms with Gasteiger partial charge >= 0.3 is 5.97 Å². The van der Waals surface area contributed by atoms with Crippen molar-refractivity contribution in [2.75, 3.05) is 13.7 Å². The molecule has 4 aliphatic rings. The van der Waals surface area contributed by atoms with Crippen molar-refractivity contribution in [3.05, 3.63) is 35.2 Å². The van der Waals surface area contributed by atoms with Crippen LogP contribution >= 0.6 is 0 Å². The number of halogens is 1. The van der Waals surface area contributed by atoms with Gasteiger partial charge in [0.1, 0.15) is 5.75 Å². The lowest BCUT2D eigenvalue weighted by Gasteiger charge is -2.39. The van der Waals surface area contributed by atoms with E-state index >= 15 is 4.39 Å². The first-order valence-electron chi connectivity index (χ1n) is 15.0. The topological polar surface area (TPSA) is 114 Å². The summed E-state index contributed by atoms with van der Waals surface area (Å²) in [5.74, 6) is -2.02. The van der Waals surface area contributed by atoms with Crippen molar-refractivity contribution in [3.63, 3.8) is 0 Å². The molecule has 0 saturated heterocycles. The highest BCUT2D eigenvalue weighted by Crippen LogP contribution is 2.52. The van der Waals surface area contributed by atoms with Gasteiger partial charge < -0.3 is 25.2 Å². The van der Waals surface area contributed by atoms with Crippen LogP contribution in [0.2, 0.25) is 0 Å². The van der Waals surface area contributed by atoms with E-state index in [2.05, 4.69) is 23.6 Å². The maximum atomic E-state index is 15.0. The number of aliphatic carboxylic acids is 1. The van der Waals surface area contributed by atoms with Crippen LogP contribution in [0.25, 0.3) is 0 Å². The summed E-state index contributed by atoms with van der Waals surface area (Å²) in [6.07, 6.45) is 8.68. The number of carboxylic acid groups (broad SMARTS) is 1. The summed E-state index contributed by atoms with van der Waals surface area (Å²) in [6, 6.07) is 2.18. The Kier molecular flexibility index (Phi) is 8.09. The van der Waals surface area contributed by atoms with Crippen LogP contribution in [0.1, 0.15) is 88.9 Å². The number of fused-ring (bicyclic) bond motifs is 2. The first-order chi connectivity index (χ1) is 19.5.